The summed E-state index contributed by atoms with van der Waals surface area (Å²) in [5, 5.41) is 8.43. The number of aryl methyl sites for hydroxylation is 3. The van der Waals surface area contributed by atoms with Gasteiger partial charge in [-0.25, -0.2) is 0 Å². The quantitative estimate of drug-likeness (QED) is 0.787. The van der Waals surface area contributed by atoms with Gasteiger partial charge in [-0.2, -0.15) is 5.10 Å². The first-order valence-electron chi connectivity index (χ1n) is 6.98. The van der Waals surface area contributed by atoms with Crippen LogP contribution in [0, 0.1) is 13.8 Å². The van der Waals surface area contributed by atoms with Gasteiger partial charge in [0.15, 0.2) is 6.61 Å². The molecule has 2 heterocycles. The Kier molecular flexibility index (Phi) is 5.32. The summed E-state index contributed by atoms with van der Waals surface area (Å²) < 4.78 is 7.94. The maximum atomic E-state index is 11.7. The van der Waals surface area contributed by atoms with Gasteiger partial charge in [-0.3, -0.25) is 19.1 Å². The second-order valence-corrected chi connectivity index (χ2v) is 5.87. The molecule has 0 saturated heterocycles. The fraction of sp³-hybridized carbons (Fsp3) is 0.429. The van der Waals surface area contributed by atoms with Crippen molar-refractivity contribution >= 4 is 29.0 Å². The molecule has 1 N–H and O–H groups in total. The van der Waals surface area contributed by atoms with Crippen LogP contribution in [0.5, 0.6) is 0 Å². The zero-order valence-corrected chi connectivity index (χ0v) is 14.0. The van der Waals surface area contributed by atoms with Crippen LogP contribution in [-0.4, -0.2) is 32.8 Å². The number of thiazole rings is 1. The summed E-state index contributed by atoms with van der Waals surface area (Å²) in [6, 6.07) is 1.71. The summed E-state index contributed by atoms with van der Waals surface area (Å²) in [6.07, 6.45) is 0.0373. The Balaban J connectivity index is 1.77. The molecule has 1 amide bonds. The molecule has 0 bridgehead atoms. The van der Waals surface area contributed by atoms with Gasteiger partial charge >= 0.3 is 10.8 Å². The zero-order valence-electron chi connectivity index (χ0n) is 13.2. The molecule has 2 rings (SSSR count). The van der Waals surface area contributed by atoms with E-state index < -0.39 is 11.9 Å². The summed E-state index contributed by atoms with van der Waals surface area (Å²) in [5.74, 6) is -0.437. The van der Waals surface area contributed by atoms with Crippen LogP contribution in [0.2, 0.25) is 0 Å². The maximum Gasteiger partial charge on any atom is 0.308 e. The lowest BCUT2D eigenvalue weighted by Gasteiger charge is -2.07. The average Bonchev–Trinajstić information content (AvgIpc) is 2.97. The summed E-state index contributed by atoms with van der Waals surface area (Å²) in [4.78, 5) is 34.8. The molecule has 0 radical (unpaired) electrons. The largest absolute Gasteiger partial charge is 0.456 e. The van der Waals surface area contributed by atoms with Crippen molar-refractivity contribution in [2.45, 2.75) is 26.8 Å². The summed E-state index contributed by atoms with van der Waals surface area (Å²) >= 11 is 1.09. The third-order valence-corrected chi connectivity index (χ3v) is 4.03. The van der Waals surface area contributed by atoms with Gasteiger partial charge in [0.1, 0.15) is 5.82 Å². The first-order valence-corrected chi connectivity index (χ1v) is 7.86. The van der Waals surface area contributed by atoms with Crippen molar-refractivity contribution in [2.24, 2.45) is 7.05 Å². The number of carbonyl (C=O) groups excluding carboxylic acids is 2. The average molecular weight is 338 g/mol. The minimum Gasteiger partial charge on any atom is -0.456 e. The second-order valence-electron chi connectivity index (χ2n) is 5.05. The number of ether oxygens (including phenoxy) is 1. The van der Waals surface area contributed by atoms with Gasteiger partial charge in [-0.15, -0.1) is 0 Å². The van der Waals surface area contributed by atoms with Crippen LogP contribution in [-0.2, 0) is 27.9 Å². The summed E-state index contributed by atoms with van der Waals surface area (Å²) in [7, 11) is 1.70. The number of nitrogens with one attached hydrogen (secondary N) is 1. The normalized spacial score (nSPS) is 10.6. The number of hydrogen-bond acceptors (Lipinski definition) is 6. The maximum absolute atomic E-state index is 11.7. The Bertz CT molecular complexity index is 774. The number of nitrogens with zero attached hydrogens (tertiary/aromatic N) is 3. The molecular weight excluding hydrogens is 320 g/mol. The molecule has 0 aromatic carbocycles. The van der Waals surface area contributed by atoms with Gasteiger partial charge in [0.25, 0.3) is 5.91 Å². The first-order chi connectivity index (χ1) is 10.9. The molecule has 0 spiro atoms. The van der Waals surface area contributed by atoms with Gasteiger partial charge in [-0.1, -0.05) is 11.3 Å². The van der Waals surface area contributed by atoms with Gasteiger partial charge in [-0.05, 0) is 13.8 Å². The lowest BCUT2D eigenvalue weighted by atomic mass is 10.4. The fourth-order valence-electron chi connectivity index (χ4n) is 2.00. The van der Waals surface area contributed by atoms with Crippen LogP contribution in [0.4, 0.5) is 5.82 Å². The molecule has 2 aromatic heterocycles. The molecule has 0 fully saturated rings. The minimum absolute atomic E-state index is 0.0373. The van der Waals surface area contributed by atoms with Crippen LogP contribution in [0.15, 0.2) is 16.2 Å². The first kappa shape index (κ1) is 16.9. The molecule has 23 heavy (non-hydrogen) atoms. The van der Waals surface area contributed by atoms with Crippen molar-refractivity contribution in [1.82, 2.24) is 14.3 Å². The molecule has 0 aliphatic rings. The van der Waals surface area contributed by atoms with E-state index in [9.17, 15) is 14.4 Å². The highest BCUT2D eigenvalue weighted by molar-refractivity contribution is 7.07. The van der Waals surface area contributed by atoms with Crippen molar-refractivity contribution in [2.75, 3.05) is 11.9 Å². The van der Waals surface area contributed by atoms with E-state index >= 15 is 0 Å². The van der Waals surface area contributed by atoms with E-state index in [2.05, 4.69) is 10.4 Å². The van der Waals surface area contributed by atoms with Crippen LogP contribution in [0.25, 0.3) is 0 Å². The Hall–Kier alpha value is -2.42. The number of anilines is 1. The highest BCUT2D eigenvalue weighted by Gasteiger charge is 2.11. The van der Waals surface area contributed by atoms with Gasteiger partial charge in [0.05, 0.1) is 12.1 Å². The van der Waals surface area contributed by atoms with Crippen LogP contribution in [0.1, 0.15) is 17.8 Å². The van der Waals surface area contributed by atoms with E-state index in [4.69, 9.17) is 4.74 Å². The Labute approximate surface area is 136 Å². The van der Waals surface area contributed by atoms with Crippen LogP contribution in [0.3, 0.4) is 0 Å². The SMILES string of the molecule is Cc1cc(NC(=O)COC(=O)CCn2c(C)csc2=O)n(C)n1. The number of aromatic nitrogens is 3. The predicted octanol–water partition coefficient (Wildman–Crippen LogP) is 0.832. The molecule has 9 heteroatoms. The number of rotatable bonds is 6. The Morgan fingerprint density at radius 2 is 2.13 bits per heavy atom. The molecule has 0 aliphatic heterocycles. The molecule has 0 aliphatic carbocycles. The van der Waals surface area contributed by atoms with E-state index in [1.165, 1.54) is 9.25 Å². The summed E-state index contributed by atoms with van der Waals surface area (Å²) in [5.41, 5.74) is 1.58. The minimum atomic E-state index is -0.529. The smallest absolute Gasteiger partial charge is 0.308 e. The third kappa shape index (κ3) is 4.52. The van der Waals surface area contributed by atoms with E-state index in [0.29, 0.717) is 5.82 Å². The van der Waals surface area contributed by atoms with Crippen molar-refractivity contribution in [1.29, 1.82) is 0 Å². The number of hydrogen-bond donors (Lipinski definition) is 1. The lowest BCUT2D eigenvalue weighted by Crippen LogP contribution is -2.23. The van der Waals surface area contributed by atoms with Crippen LogP contribution < -0.4 is 10.2 Å². The highest BCUT2D eigenvalue weighted by Crippen LogP contribution is 2.07. The van der Waals surface area contributed by atoms with Crippen molar-refractivity contribution in [3.05, 3.63) is 32.5 Å². The van der Waals surface area contributed by atoms with Crippen LogP contribution >= 0.6 is 11.3 Å². The molecule has 0 saturated carbocycles. The van der Waals surface area contributed by atoms with E-state index in [1.807, 2.05) is 6.92 Å². The number of carbonyl (C=O) groups is 2. The van der Waals surface area contributed by atoms with Gasteiger partial charge in [0, 0.05) is 30.7 Å². The predicted molar refractivity (Wildman–Crippen MR) is 85.5 cm³/mol. The van der Waals surface area contributed by atoms with Crippen molar-refractivity contribution in [3.63, 3.8) is 0 Å². The number of amides is 1. The van der Waals surface area contributed by atoms with Crippen molar-refractivity contribution in [3.8, 4) is 0 Å². The molecule has 8 nitrogen and oxygen atoms in total. The molecule has 0 atom stereocenters. The topological polar surface area (TPSA) is 95.2 Å². The van der Waals surface area contributed by atoms with Gasteiger partial charge < -0.3 is 14.6 Å². The van der Waals surface area contributed by atoms with Crippen molar-refractivity contribution < 1.29 is 14.3 Å². The standard InChI is InChI=1S/C14H18N4O4S/c1-9-6-11(17(3)16-9)15-12(19)7-22-13(20)4-5-18-10(2)8-23-14(18)21/h6,8H,4-5,7H2,1-3H3,(H,15,19). The summed E-state index contributed by atoms with van der Waals surface area (Å²) in [6.45, 7) is 3.48. The molecule has 0 unspecified atom stereocenters. The Morgan fingerprint density at radius 1 is 1.39 bits per heavy atom. The lowest BCUT2D eigenvalue weighted by molar-refractivity contribution is -0.147. The Morgan fingerprint density at radius 3 is 2.70 bits per heavy atom. The number of esters is 1. The van der Waals surface area contributed by atoms with Gasteiger partial charge in [0.2, 0.25) is 0 Å². The molecular formula is C14H18N4O4S. The zero-order chi connectivity index (χ0) is 17.0. The fourth-order valence-corrected chi connectivity index (χ4v) is 2.76. The van der Waals surface area contributed by atoms with E-state index in [1.54, 1.807) is 25.4 Å². The second kappa shape index (κ2) is 7.23. The third-order valence-electron chi connectivity index (χ3n) is 3.15. The van der Waals surface area contributed by atoms with E-state index in [0.717, 1.165) is 22.7 Å². The highest BCUT2D eigenvalue weighted by atomic mass is 32.1. The molecule has 2 aromatic rings. The monoisotopic (exact) mass is 338 g/mol. The molecule has 124 valence electrons. The van der Waals surface area contributed by atoms with E-state index in [-0.39, 0.29) is 24.4 Å².